The molecule has 0 radical (unpaired) electrons. The fourth-order valence-corrected chi connectivity index (χ4v) is 1.98. The minimum absolute atomic E-state index is 0.825. The summed E-state index contributed by atoms with van der Waals surface area (Å²) in [4.78, 5) is 8.67. The Hall–Kier alpha value is -1.10. The molecule has 2 aromatic heterocycles. The van der Waals surface area contributed by atoms with Crippen molar-refractivity contribution in [3.05, 3.63) is 23.2 Å². The van der Waals surface area contributed by atoms with E-state index in [1.54, 1.807) is 6.20 Å². The second-order valence-corrected chi connectivity index (χ2v) is 4.71. The van der Waals surface area contributed by atoms with Crippen molar-refractivity contribution in [2.24, 2.45) is 5.92 Å². The van der Waals surface area contributed by atoms with E-state index >= 15 is 0 Å². The van der Waals surface area contributed by atoms with Crippen LogP contribution in [-0.2, 0) is 0 Å². The molecule has 15 heavy (non-hydrogen) atoms. The van der Waals surface area contributed by atoms with Crippen molar-refractivity contribution in [3.8, 4) is 0 Å². The molecule has 0 unspecified atom stereocenters. The van der Waals surface area contributed by atoms with Crippen molar-refractivity contribution in [2.45, 2.75) is 12.8 Å². The van der Waals surface area contributed by atoms with Crippen molar-refractivity contribution in [1.29, 1.82) is 0 Å². The van der Waals surface area contributed by atoms with Gasteiger partial charge in [-0.05, 0) is 34.7 Å². The molecule has 1 saturated carbocycles. The number of imidazole rings is 1. The maximum Gasteiger partial charge on any atom is 0.180 e. The van der Waals surface area contributed by atoms with Gasteiger partial charge in [0.25, 0.3) is 0 Å². The van der Waals surface area contributed by atoms with Crippen LogP contribution in [0, 0.1) is 5.92 Å². The summed E-state index contributed by atoms with van der Waals surface area (Å²) in [6.45, 7) is 1.01. The average Bonchev–Trinajstić information content (AvgIpc) is 2.92. The zero-order chi connectivity index (χ0) is 10.3. The average molecular weight is 267 g/mol. The Labute approximate surface area is 95.9 Å². The van der Waals surface area contributed by atoms with Crippen molar-refractivity contribution >= 4 is 27.4 Å². The van der Waals surface area contributed by atoms with Crippen LogP contribution in [0.25, 0.3) is 5.65 Å². The van der Waals surface area contributed by atoms with Crippen LogP contribution in [0.15, 0.2) is 23.2 Å². The molecule has 5 heteroatoms. The molecule has 0 bridgehead atoms. The Balaban J connectivity index is 1.95. The summed E-state index contributed by atoms with van der Waals surface area (Å²) in [7, 11) is 0. The van der Waals surface area contributed by atoms with Gasteiger partial charge in [0.1, 0.15) is 4.60 Å². The molecule has 1 fully saturated rings. The molecule has 0 aromatic carbocycles. The number of nitrogens with one attached hydrogen (secondary N) is 1. The molecule has 1 aliphatic rings. The molecule has 2 heterocycles. The minimum Gasteiger partial charge on any atom is -0.367 e. The van der Waals surface area contributed by atoms with Gasteiger partial charge < -0.3 is 9.72 Å². The van der Waals surface area contributed by atoms with E-state index in [0.29, 0.717) is 0 Å². The number of aromatic nitrogens is 3. The van der Waals surface area contributed by atoms with Gasteiger partial charge in [0.05, 0.1) is 0 Å². The normalized spacial score (nSPS) is 15.8. The quantitative estimate of drug-likeness (QED) is 0.927. The maximum atomic E-state index is 4.40. The summed E-state index contributed by atoms with van der Waals surface area (Å²) in [6.07, 6.45) is 8.29. The summed E-state index contributed by atoms with van der Waals surface area (Å²) in [5.41, 5.74) is 0.888. The molecular formula is C10H11BrN4. The van der Waals surface area contributed by atoms with Crippen LogP contribution in [0.1, 0.15) is 12.8 Å². The van der Waals surface area contributed by atoms with Gasteiger partial charge in [-0.15, -0.1) is 0 Å². The Morgan fingerprint density at radius 3 is 3.20 bits per heavy atom. The Morgan fingerprint density at radius 1 is 1.53 bits per heavy atom. The van der Waals surface area contributed by atoms with Crippen molar-refractivity contribution in [2.75, 3.05) is 11.9 Å². The number of fused-ring (bicyclic) bond motifs is 1. The van der Waals surface area contributed by atoms with Gasteiger partial charge in [0.2, 0.25) is 0 Å². The van der Waals surface area contributed by atoms with Crippen LogP contribution < -0.4 is 5.32 Å². The first-order valence-corrected chi connectivity index (χ1v) is 5.85. The number of halogens is 1. The summed E-state index contributed by atoms with van der Waals surface area (Å²) in [6, 6.07) is 0. The summed E-state index contributed by atoms with van der Waals surface area (Å²) in [5, 5.41) is 3.35. The van der Waals surface area contributed by atoms with Crippen LogP contribution in [0.2, 0.25) is 0 Å². The first-order chi connectivity index (χ1) is 7.33. The van der Waals surface area contributed by atoms with E-state index in [0.717, 1.165) is 28.5 Å². The molecule has 0 atom stereocenters. The highest BCUT2D eigenvalue weighted by Gasteiger charge is 2.21. The van der Waals surface area contributed by atoms with E-state index in [4.69, 9.17) is 0 Å². The molecule has 4 nitrogen and oxygen atoms in total. The molecule has 0 spiro atoms. The molecule has 0 saturated heterocycles. The van der Waals surface area contributed by atoms with Gasteiger partial charge in [-0.25, -0.2) is 9.97 Å². The van der Waals surface area contributed by atoms with Crippen LogP contribution in [0.3, 0.4) is 0 Å². The number of nitrogens with zero attached hydrogens (tertiary/aromatic N) is 3. The highest BCUT2D eigenvalue weighted by molar-refractivity contribution is 9.10. The van der Waals surface area contributed by atoms with Crippen molar-refractivity contribution in [1.82, 2.24) is 14.4 Å². The lowest BCUT2D eigenvalue weighted by Gasteiger charge is -2.06. The zero-order valence-corrected chi connectivity index (χ0v) is 9.74. The standard InChI is InChI=1S/C10H11BrN4/c11-8-6-15-4-3-12-10(15)9(14-8)13-5-7-1-2-7/h3-4,6-7H,1-2,5H2,(H,13,14). The van der Waals surface area contributed by atoms with E-state index in [2.05, 4.69) is 31.2 Å². The lowest BCUT2D eigenvalue weighted by atomic mass is 10.4. The van der Waals surface area contributed by atoms with Crippen molar-refractivity contribution < 1.29 is 0 Å². The second kappa shape index (κ2) is 3.48. The molecule has 3 rings (SSSR count). The third-order valence-corrected chi connectivity index (χ3v) is 2.98. The Bertz CT molecular complexity index is 489. The molecule has 0 aliphatic heterocycles. The van der Waals surface area contributed by atoms with Gasteiger partial charge in [0.15, 0.2) is 11.5 Å². The Kier molecular flexibility index (Phi) is 2.12. The van der Waals surface area contributed by atoms with E-state index in [1.807, 2.05) is 16.8 Å². The topological polar surface area (TPSA) is 42.2 Å². The number of anilines is 1. The molecule has 1 N–H and O–H groups in total. The fraction of sp³-hybridized carbons (Fsp3) is 0.400. The highest BCUT2D eigenvalue weighted by atomic mass is 79.9. The zero-order valence-electron chi connectivity index (χ0n) is 8.15. The van der Waals surface area contributed by atoms with E-state index < -0.39 is 0 Å². The van der Waals surface area contributed by atoms with Crippen molar-refractivity contribution in [3.63, 3.8) is 0 Å². The second-order valence-electron chi connectivity index (χ2n) is 3.89. The summed E-state index contributed by atoms with van der Waals surface area (Å²) >= 11 is 3.39. The monoisotopic (exact) mass is 266 g/mol. The van der Waals surface area contributed by atoms with E-state index in [-0.39, 0.29) is 0 Å². The lowest BCUT2D eigenvalue weighted by Crippen LogP contribution is -2.07. The molecule has 78 valence electrons. The third-order valence-electron chi connectivity index (χ3n) is 2.60. The maximum absolute atomic E-state index is 4.40. The molecule has 1 aliphatic carbocycles. The van der Waals surface area contributed by atoms with E-state index in [9.17, 15) is 0 Å². The van der Waals surface area contributed by atoms with Crippen LogP contribution in [0.5, 0.6) is 0 Å². The predicted octanol–water partition coefficient (Wildman–Crippen LogP) is 2.31. The number of rotatable bonds is 3. The molecular weight excluding hydrogens is 256 g/mol. The largest absolute Gasteiger partial charge is 0.367 e. The Morgan fingerprint density at radius 2 is 2.40 bits per heavy atom. The first-order valence-electron chi connectivity index (χ1n) is 5.06. The van der Waals surface area contributed by atoms with Gasteiger partial charge >= 0.3 is 0 Å². The minimum atomic E-state index is 0.825. The third kappa shape index (κ3) is 1.84. The first kappa shape index (κ1) is 9.15. The van der Waals surface area contributed by atoms with Gasteiger partial charge in [0, 0.05) is 25.1 Å². The number of hydrogen-bond acceptors (Lipinski definition) is 3. The van der Waals surface area contributed by atoms with Gasteiger partial charge in [-0.2, -0.15) is 0 Å². The van der Waals surface area contributed by atoms with E-state index in [1.165, 1.54) is 12.8 Å². The van der Waals surface area contributed by atoms with Gasteiger partial charge in [-0.3, -0.25) is 0 Å². The molecule has 2 aromatic rings. The highest BCUT2D eigenvalue weighted by Crippen LogP contribution is 2.29. The fourth-order valence-electron chi connectivity index (χ4n) is 1.58. The molecule has 0 amide bonds. The predicted molar refractivity (Wildman–Crippen MR) is 61.9 cm³/mol. The lowest BCUT2D eigenvalue weighted by molar-refractivity contribution is 0.880. The smallest absolute Gasteiger partial charge is 0.180 e. The van der Waals surface area contributed by atoms with Crippen LogP contribution in [-0.4, -0.2) is 20.9 Å². The SMILES string of the molecule is Brc1cn2ccnc2c(NCC2CC2)n1. The number of hydrogen-bond donors (Lipinski definition) is 1. The summed E-state index contributed by atoms with van der Waals surface area (Å²) < 4.78 is 2.79. The van der Waals surface area contributed by atoms with Crippen LogP contribution >= 0.6 is 15.9 Å². The summed E-state index contributed by atoms with van der Waals surface area (Å²) in [5.74, 6) is 1.70. The van der Waals surface area contributed by atoms with Gasteiger partial charge in [-0.1, -0.05) is 0 Å². The van der Waals surface area contributed by atoms with Crippen LogP contribution in [0.4, 0.5) is 5.82 Å².